The third-order valence-electron chi connectivity index (χ3n) is 2.27. The molecular weight excluding hydrogens is 174 g/mol. The minimum atomic E-state index is 0.875. The summed E-state index contributed by atoms with van der Waals surface area (Å²) in [6.45, 7) is 6.01. The van der Waals surface area contributed by atoms with Crippen LogP contribution < -0.4 is 0 Å². The minimum absolute atomic E-state index is 0.875. The molecule has 0 fully saturated rings. The van der Waals surface area contributed by atoms with E-state index in [-0.39, 0.29) is 0 Å². The molecule has 1 heterocycles. The Balaban J connectivity index is 2.27. The molecule has 0 aliphatic rings. The lowest BCUT2D eigenvalue weighted by atomic mass is 10.2. The first-order valence-corrected chi connectivity index (χ1v) is 5.59. The zero-order chi connectivity index (χ0) is 10.2. The van der Waals surface area contributed by atoms with Crippen molar-refractivity contribution in [1.82, 2.24) is 4.98 Å². The van der Waals surface area contributed by atoms with Gasteiger partial charge >= 0.3 is 0 Å². The Kier molecular flexibility index (Phi) is 5.35. The maximum absolute atomic E-state index is 5.59. The highest BCUT2D eigenvalue weighted by atomic mass is 16.4. The number of hydrogen-bond donors (Lipinski definition) is 0. The van der Waals surface area contributed by atoms with Gasteiger partial charge in [-0.05, 0) is 12.8 Å². The molecule has 1 rings (SSSR count). The van der Waals surface area contributed by atoms with E-state index in [1.807, 2.05) is 6.20 Å². The Morgan fingerprint density at radius 3 is 2.86 bits per heavy atom. The van der Waals surface area contributed by atoms with Gasteiger partial charge in [-0.15, -0.1) is 0 Å². The Bertz CT molecular complexity index is 242. The van der Waals surface area contributed by atoms with Gasteiger partial charge in [0.2, 0.25) is 0 Å². The van der Waals surface area contributed by atoms with E-state index in [4.69, 9.17) is 4.42 Å². The minimum Gasteiger partial charge on any atom is -0.446 e. The quantitative estimate of drug-likeness (QED) is 0.620. The first kappa shape index (κ1) is 11.3. The first-order valence-electron chi connectivity index (χ1n) is 5.59. The number of aromatic nitrogens is 1. The van der Waals surface area contributed by atoms with Crippen molar-refractivity contribution in [3.8, 4) is 0 Å². The highest BCUT2D eigenvalue weighted by molar-refractivity contribution is 4.94. The molecule has 0 amide bonds. The van der Waals surface area contributed by atoms with E-state index in [0.717, 1.165) is 37.3 Å². The molecule has 2 nitrogen and oxygen atoms in total. The Morgan fingerprint density at radius 2 is 2.14 bits per heavy atom. The molecule has 1 radical (unpaired) electrons. The number of aryl methyl sites for hydroxylation is 2. The highest BCUT2D eigenvalue weighted by Crippen LogP contribution is 2.10. The third-order valence-corrected chi connectivity index (χ3v) is 2.27. The Morgan fingerprint density at radius 1 is 1.29 bits per heavy atom. The zero-order valence-electron chi connectivity index (χ0n) is 9.09. The van der Waals surface area contributed by atoms with Crippen molar-refractivity contribution >= 4 is 0 Å². The van der Waals surface area contributed by atoms with E-state index < -0.39 is 0 Å². The second-order valence-electron chi connectivity index (χ2n) is 3.63. The second-order valence-corrected chi connectivity index (χ2v) is 3.63. The molecule has 0 atom stereocenters. The molecule has 0 aromatic carbocycles. The van der Waals surface area contributed by atoms with Gasteiger partial charge in [0.25, 0.3) is 0 Å². The van der Waals surface area contributed by atoms with Crippen LogP contribution in [0.3, 0.4) is 0 Å². The van der Waals surface area contributed by atoms with Gasteiger partial charge in [-0.2, -0.15) is 0 Å². The van der Waals surface area contributed by atoms with Crippen LogP contribution in [0.2, 0.25) is 0 Å². The van der Waals surface area contributed by atoms with Gasteiger partial charge in [-0.1, -0.05) is 33.1 Å². The standard InChI is InChI=1S/C12H20NO/c1-3-5-7-8-11-10-13-12(14-11)9-6-4-2/h10H,2-9H2,1H3. The molecule has 0 bridgehead atoms. The van der Waals surface area contributed by atoms with Crippen molar-refractivity contribution in [2.75, 3.05) is 0 Å². The summed E-state index contributed by atoms with van der Waals surface area (Å²) in [6.07, 6.45) is 9.58. The average Bonchev–Trinajstić information content (AvgIpc) is 2.63. The fraction of sp³-hybridized carbons (Fsp3) is 0.667. The van der Waals surface area contributed by atoms with E-state index in [1.165, 1.54) is 19.3 Å². The summed E-state index contributed by atoms with van der Waals surface area (Å²) in [5, 5.41) is 0. The number of rotatable bonds is 7. The van der Waals surface area contributed by atoms with Gasteiger partial charge in [0.1, 0.15) is 5.76 Å². The van der Waals surface area contributed by atoms with Crippen LogP contribution >= 0.6 is 0 Å². The first-order chi connectivity index (χ1) is 6.86. The summed E-state index contributed by atoms with van der Waals surface area (Å²) < 4.78 is 5.59. The van der Waals surface area contributed by atoms with Gasteiger partial charge in [-0.3, -0.25) is 0 Å². The fourth-order valence-electron chi connectivity index (χ4n) is 1.40. The van der Waals surface area contributed by atoms with E-state index in [9.17, 15) is 0 Å². The van der Waals surface area contributed by atoms with Gasteiger partial charge in [0.15, 0.2) is 5.89 Å². The van der Waals surface area contributed by atoms with Crippen molar-refractivity contribution < 1.29 is 4.42 Å². The van der Waals surface area contributed by atoms with E-state index in [0.29, 0.717) is 0 Å². The predicted octanol–water partition coefficient (Wildman–Crippen LogP) is 3.56. The van der Waals surface area contributed by atoms with Crippen LogP contribution in [-0.2, 0) is 12.8 Å². The highest BCUT2D eigenvalue weighted by Gasteiger charge is 2.02. The van der Waals surface area contributed by atoms with Crippen LogP contribution in [0.25, 0.3) is 0 Å². The summed E-state index contributed by atoms with van der Waals surface area (Å²) in [6, 6.07) is 0. The van der Waals surface area contributed by atoms with Gasteiger partial charge in [0.05, 0.1) is 6.20 Å². The van der Waals surface area contributed by atoms with Gasteiger partial charge in [-0.25, -0.2) is 4.98 Å². The van der Waals surface area contributed by atoms with E-state index in [2.05, 4.69) is 18.8 Å². The normalized spacial score (nSPS) is 10.7. The maximum Gasteiger partial charge on any atom is 0.194 e. The van der Waals surface area contributed by atoms with E-state index in [1.54, 1.807) is 0 Å². The van der Waals surface area contributed by atoms with Crippen molar-refractivity contribution in [3.05, 3.63) is 24.8 Å². The monoisotopic (exact) mass is 194 g/mol. The molecule has 1 aromatic rings. The maximum atomic E-state index is 5.59. The van der Waals surface area contributed by atoms with Crippen molar-refractivity contribution in [3.63, 3.8) is 0 Å². The lowest BCUT2D eigenvalue weighted by molar-refractivity contribution is 0.443. The van der Waals surface area contributed by atoms with Crippen LogP contribution in [0.4, 0.5) is 0 Å². The van der Waals surface area contributed by atoms with Crippen LogP contribution in [0.1, 0.15) is 50.7 Å². The molecule has 0 N–H and O–H groups in total. The third kappa shape index (κ3) is 3.95. The summed E-state index contributed by atoms with van der Waals surface area (Å²) in [5.74, 6) is 1.91. The molecular formula is C12H20NO. The molecule has 0 saturated heterocycles. The average molecular weight is 194 g/mol. The lowest BCUT2D eigenvalue weighted by Crippen LogP contribution is -1.83. The topological polar surface area (TPSA) is 26.0 Å². The van der Waals surface area contributed by atoms with E-state index >= 15 is 0 Å². The van der Waals surface area contributed by atoms with Crippen LogP contribution in [0, 0.1) is 6.92 Å². The SMILES string of the molecule is [CH2]CCCc1ncc(CCCCC)o1. The number of oxazole rings is 1. The molecule has 79 valence electrons. The summed E-state index contributed by atoms with van der Waals surface area (Å²) in [5.41, 5.74) is 0. The second kappa shape index (κ2) is 6.63. The molecule has 0 aliphatic carbocycles. The molecule has 0 aliphatic heterocycles. The molecule has 0 saturated carbocycles. The Hall–Kier alpha value is -0.790. The predicted molar refractivity (Wildman–Crippen MR) is 58.0 cm³/mol. The molecule has 2 heteroatoms. The van der Waals surface area contributed by atoms with Crippen LogP contribution in [0.15, 0.2) is 10.6 Å². The molecule has 0 unspecified atom stereocenters. The van der Waals surface area contributed by atoms with Crippen molar-refractivity contribution in [1.29, 1.82) is 0 Å². The number of hydrogen-bond acceptors (Lipinski definition) is 2. The molecule has 0 spiro atoms. The van der Waals surface area contributed by atoms with Gasteiger partial charge < -0.3 is 4.42 Å². The molecule has 1 aromatic heterocycles. The molecule has 14 heavy (non-hydrogen) atoms. The number of nitrogens with zero attached hydrogens (tertiary/aromatic N) is 1. The van der Waals surface area contributed by atoms with Crippen LogP contribution in [0.5, 0.6) is 0 Å². The summed E-state index contributed by atoms with van der Waals surface area (Å²) in [4.78, 5) is 4.24. The van der Waals surface area contributed by atoms with Gasteiger partial charge in [0, 0.05) is 12.8 Å². The zero-order valence-corrected chi connectivity index (χ0v) is 9.09. The number of unbranched alkanes of at least 4 members (excludes halogenated alkanes) is 3. The smallest absolute Gasteiger partial charge is 0.194 e. The largest absolute Gasteiger partial charge is 0.446 e. The van der Waals surface area contributed by atoms with Crippen molar-refractivity contribution in [2.24, 2.45) is 0 Å². The Labute approximate surface area is 86.7 Å². The summed E-state index contributed by atoms with van der Waals surface area (Å²) in [7, 11) is 0. The lowest BCUT2D eigenvalue weighted by Gasteiger charge is -1.94. The van der Waals surface area contributed by atoms with Crippen molar-refractivity contribution in [2.45, 2.75) is 51.9 Å². The summed E-state index contributed by atoms with van der Waals surface area (Å²) >= 11 is 0. The van der Waals surface area contributed by atoms with Crippen LogP contribution in [-0.4, -0.2) is 4.98 Å². The fourth-order valence-corrected chi connectivity index (χ4v) is 1.40.